The monoisotopic (exact) mass is 340 g/mol. The number of para-hydroxylation sites is 1. The fourth-order valence-electron chi connectivity index (χ4n) is 3.34. The van der Waals surface area contributed by atoms with Gasteiger partial charge in [0.15, 0.2) is 0 Å². The maximum absolute atomic E-state index is 12.9. The number of benzene rings is 1. The lowest BCUT2D eigenvalue weighted by atomic mass is 9.96. The lowest BCUT2D eigenvalue weighted by Crippen LogP contribution is -2.46. The van der Waals surface area contributed by atoms with Gasteiger partial charge in [-0.15, -0.1) is 0 Å². The van der Waals surface area contributed by atoms with E-state index in [0.717, 1.165) is 29.3 Å². The molecule has 1 atom stereocenters. The summed E-state index contributed by atoms with van der Waals surface area (Å²) >= 11 is 0. The fourth-order valence-corrected chi connectivity index (χ4v) is 3.34. The zero-order valence-corrected chi connectivity index (χ0v) is 14.5. The van der Waals surface area contributed by atoms with E-state index in [1.54, 1.807) is 4.90 Å². The van der Waals surface area contributed by atoms with Crippen molar-refractivity contribution in [2.75, 3.05) is 26.2 Å². The van der Waals surface area contributed by atoms with E-state index in [4.69, 9.17) is 5.73 Å². The van der Waals surface area contributed by atoms with E-state index in [1.165, 1.54) is 0 Å². The molecular formula is C19H24N4O2. The van der Waals surface area contributed by atoms with Crippen LogP contribution in [-0.2, 0) is 4.79 Å². The molecule has 3 N–H and O–H groups in total. The third-order valence-electron chi connectivity index (χ3n) is 4.67. The number of nitrogens with one attached hydrogen (secondary N) is 1. The fraction of sp³-hybridized carbons (Fsp3) is 0.421. The summed E-state index contributed by atoms with van der Waals surface area (Å²) in [6.07, 6.45) is 1.61. The van der Waals surface area contributed by atoms with E-state index in [-0.39, 0.29) is 17.7 Å². The summed E-state index contributed by atoms with van der Waals surface area (Å²) in [4.78, 5) is 31.3. The number of fused-ring (bicyclic) bond motifs is 1. The van der Waals surface area contributed by atoms with Gasteiger partial charge in [0.05, 0.1) is 11.4 Å². The van der Waals surface area contributed by atoms with Gasteiger partial charge in [0.2, 0.25) is 5.91 Å². The Morgan fingerprint density at radius 2 is 2.16 bits per heavy atom. The van der Waals surface area contributed by atoms with E-state index in [9.17, 15) is 9.59 Å². The Labute approximate surface area is 147 Å². The number of likely N-dealkylation sites (tertiary alicyclic amines) is 1. The summed E-state index contributed by atoms with van der Waals surface area (Å²) in [6.45, 7) is 3.96. The molecule has 6 heteroatoms. The van der Waals surface area contributed by atoms with Crippen LogP contribution in [0.2, 0.25) is 0 Å². The lowest BCUT2D eigenvalue weighted by molar-refractivity contribution is -0.126. The smallest absolute Gasteiger partial charge is 0.272 e. The number of nitrogens with two attached hydrogens (primary N) is 1. The molecule has 6 nitrogen and oxygen atoms in total. The first-order valence-corrected chi connectivity index (χ1v) is 8.73. The Balaban J connectivity index is 1.77. The van der Waals surface area contributed by atoms with Crippen molar-refractivity contribution in [3.05, 3.63) is 41.6 Å². The SMILES string of the molecule is Cc1cc(C(=O)N2CCCC(C(=O)NCCN)C2)nc2ccccc12. The third kappa shape index (κ3) is 3.79. The summed E-state index contributed by atoms with van der Waals surface area (Å²) in [7, 11) is 0. The number of pyridine rings is 1. The topological polar surface area (TPSA) is 88.3 Å². The van der Waals surface area contributed by atoms with E-state index >= 15 is 0 Å². The van der Waals surface area contributed by atoms with Crippen LogP contribution < -0.4 is 11.1 Å². The van der Waals surface area contributed by atoms with Crippen molar-refractivity contribution in [3.8, 4) is 0 Å². The molecular weight excluding hydrogens is 316 g/mol. The first-order valence-electron chi connectivity index (χ1n) is 8.73. The van der Waals surface area contributed by atoms with Crippen LogP contribution in [0.25, 0.3) is 10.9 Å². The number of carbonyl (C=O) groups excluding carboxylic acids is 2. The van der Waals surface area contributed by atoms with Crippen molar-refractivity contribution >= 4 is 22.7 Å². The Bertz CT molecular complexity index is 790. The van der Waals surface area contributed by atoms with Crippen molar-refractivity contribution in [1.82, 2.24) is 15.2 Å². The van der Waals surface area contributed by atoms with Gasteiger partial charge >= 0.3 is 0 Å². The first kappa shape index (κ1) is 17.4. The average molecular weight is 340 g/mol. The highest BCUT2D eigenvalue weighted by atomic mass is 16.2. The molecule has 1 unspecified atom stereocenters. The van der Waals surface area contributed by atoms with Gasteiger partial charge in [0.1, 0.15) is 5.69 Å². The first-order chi connectivity index (χ1) is 12.1. The summed E-state index contributed by atoms with van der Waals surface area (Å²) in [5.74, 6) is -0.304. The predicted octanol–water partition coefficient (Wildman–Crippen LogP) is 1.47. The zero-order chi connectivity index (χ0) is 17.8. The molecule has 1 saturated heterocycles. The maximum Gasteiger partial charge on any atom is 0.272 e. The number of nitrogens with zero attached hydrogens (tertiary/aromatic N) is 2. The molecule has 3 rings (SSSR count). The van der Waals surface area contributed by atoms with Crippen molar-refractivity contribution in [3.63, 3.8) is 0 Å². The van der Waals surface area contributed by atoms with E-state index in [1.807, 2.05) is 37.3 Å². The summed E-state index contributed by atoms with van der Waals surface area (Å²) in [6, 6.07) is 9.64. The Morgan fingerprint density at radius 3 is 2.96 bits per heavy atom. The van der Waals surface area contributed by atoms with E-state index in [0.29, 0.717) is 31.9 Å². The molecule has 1 aliphatic heterocycles. The van der Waals surface area contributed by atoms with Crippen LogP contribution >= 0.6 is 0 Å². The minimum atomic E-state index is -0.175. The minimum absolute atomic E-state index is 0.0226. The second-order valence-corrected chi connectivity index (χ2v) is 6.51. The van der Waals surface area contributed by atoms with Crippen LogP contribution in [0.15, 0.2) is 30.3 Å². The summed E-state index contributed by atoms with van der Waals surface area (Å²) < 4.78 is 0. The van der Waals surface area contributed by atoms with Crippen molar-refractivity contribution < 1.29 is 9.59 Å². The molecule has 0 spiro atoms. The van der Waals surface area contributed by atoms with Crippen molar-refractivity contribution in [1.29, 1.82) is 0 Å². The molecule has 0 aliphatic carbocycles. The van der Waals surface area contributed by atoms with Gasteiger partial charge in [-0.25, -0.2) is 4.98 Å². The maximum atomic E-state index is 12.9. The molecule has 0 radical (unpaired) electrons. The summed E-state index contributed by atoms with van der Waals surface area (Å²) in [5.41, 5.74) is 7.72. The quantitative estimate of drug-likeness (QED) is 0.882. The van der Waals surface area contributed by atoms with Gasteiger partial charge in [-0.2, -0.15) is 0 Å². The predicted molar refractivity (Wildman–Crippen MR) is 97.2 cm³/mol. The van der Waals surface area contributed by atoms with Gasteiger partial charge in [0.25, 0.3) is 5.91 Å². The highest BCUT2D eigenvalue weighted by Gasteiger charge is 2.29. The Morgan fingerprint density at radius 1 is 1.36 bits per heavy atom. The third-order valence-corrected chi connectivity index (χ3v) is 4.67. The summed E-state index contributed by atoms with van der Waals surface area (Å²) in [5, 5.41) is 3.87. The molecule has 1 aromatic carbocycles. The van der Waals surface area contributed by atoms with E-state index < -0.39 is 0 Å². The molecule has 0 bridgehead atoms. The zero-order valence-electron chi connectivity index (χ0n) is 14.5. The van der Waals surface area contributed by atoms with Gasteiger partial charge in [-0.1, -0.05) is 18.2 Å². The van der Waals surface area contributed by atoms with Crippen molar-refractivity contribution in [2.24, 2.45) is 11.7 Å². The molecule has 25 heavy (non-hydrogen) atoms. The number of hydrogen-bond acceptors (Lipinski definition) is 4. The number of piperidine rings is 1. The molecule has 2 heterocycles. The highest BCUT2D eigenvalue weighted by molar-refractivity contribution is 5.96. The van der Waals surface area contributed by atoms with Crippen LogP contribution in [0, 0.1) is 12.8 Å². The average Bonchev–Trinajstić information content (AvgIpc) is 2.65. The van der Waals surface area contributed by atoms with E-state index in [2.05, 4.69) is 10.3 Å². The number of aromatic nitrogens is 1. The molecule has 1 aromatic heterocycles. The largest absolute Gasteiger partial charge is 0.355 e. The van der Waals surface area contributed by atoms with Gasteiger partial charge < -0.3 is 16.0 Å². The lowest BCUT2D eigenvalue weighted by Gasteiger charge is -2.32. The normalized spacial score (nSPS) is 17.5. The molecule has 1 aliphatic rings. The number of amides is 2. The highest BCUT2D eigenvalue weighted by Crippen LogP contribution is 2.21. The molecule has 2 amide bonds. The number of carbonyl (C=O) groups is 2. The molecule has 0 saturated carbocycles. The molecule has 1 fully saturated rings. The number of hydrogen-bond donors (Lipinski definition) is 2. The number of rotatable bonds is 4. The standard InChI is InChI=1S/C19H24N4O2/c1-13-11-17(22-16-7-3-2-6-15(13)16)19(25)23-10-4-5-14(12-23)18(24)21-9-8-20/h2-3,6-7,11,14H,4-5,8-10,12,20H2,1H3,(H,21,24). The minimum Gasteiger partial charge on any atom is -0.355 e. The Kier molecular flexibility index (Phi) is 5.28. The van der Waals surface area contributed by atoms with Gasteiger partial charge in [-0.05, 0) is 37.5 Å². The molecule has 2 aromatic rings. The van der Waals surface area contributed by atoms with Crippen LogP contribution in [0.3, 0.4) is 0 Å². The van der Waals surface area contributed by atoms with Gasteiger partial charge in [-0.3, -0.25) is 9.59 Å². The van der Waals surface area contributed by atoms with Crippen LogP contribution in [0.1, 0.15) is 28.9 Å². The Hall–Kier alpha value is -2.47. The van der Waals surface area contributed by atoms with Crippen LogP contribution in [0.4, 0.5) is 0 Å². The second kappa shape index (κ2) is 7.61. The van der Waals surface area contributed by atoms with Gasteiger partial charge in [0, 0.05) is 31.6 Å². The molecule has 132 valence electrons. The second-order valence-electron chi connectivity index (χ2n) is 6.51. The van der Waals surface area contributed by atoms with Crippen molar-refractivity contribution in [2.45, 2.75) is 19.8 Å². The van der Waals surface area contributed by atoms with Crippen LogP contribution in [-0.4, -0.2) is 47.9 Å². The number of aryl methyl sites for hydroxylation is 1. The van der Waals surface area contributed by atoms with Crippen LogP contribution in [0.5, 0.6) is 0 Å².